The lowest BCUT2D eigenvalue weighted by Gasteiger charge is -2.18. The van der Waals surface area contributed by atoms with E-state index in [1.807, 2.05) is 0 Å². The number of amides is 1. The van der Waals surface area contributed by atoms with Crippen LogP contribution in [-0.4, -0.2) is 91.4 Å². The van der Waals surface area contributed by atoms with Crippen LogP contribution in [-0.2, 0) is 28.4 Å². The average Bonchev–Trinajstić information content (AvgIpc) is 2.72. The van der Waals surface area contributed by atoms with Crippen LogP contribution < -0.4 is 11.1 Å². The molecule has 9 nitrogen and oxygen atoms in total. The maximum absolute atomic E-state index is 11.8. The fourth-order valence-electron chi connectivity index (χ4n) is 2.73. The van der Waals surface area contributed by atoms with Crippen molar-refractivity contribution in [1.82, 2.24) is 5.32 Å². The fourth-order valence-corrected chi connectivity index (χ4v) is 2.73. The summed E-state index contributed by atoms with van der Waals surface area (Å²) in [6.07, 6.45) is 8.89. The van der Waals surface area contributed by atoms with Crippen molar-refractivity contribution >= 4 is 6.09 Å². The minimum atomic E-state index is -0.367. The molecule has 0 fully saturated rings. The Morgan fingerprint density at radius 1 is 0.767 bits per heavy atom. The highest BCUT2D eigenvalue weighted by molar-refractivity contribution is 5.67. The number of nitrogens with one attached hydrogen (secondary N) is 1. The van der Waals surface area contributed by atoms with E-state index in [1.165, 1.54) is 0 Å². The van der Waals surface area contributed by atoms with Crippen LogP contribution >= 0.6 is 0 Å². The number of allylic oxidation sites excluding steroid dienone is 2. The number of hydrogen-bond acceptors (Lipinski definition) is 8. The van der Waals surface area contributed by atoms with E-state index in [4.69, 9.17) is 34.2 Å². The van der Waals surface area contributed by atoms with Gasteiger partial charge in [0.1, 0.15) is 6.10 Å². The van der Waals surface area contributed by atoms with E-state index < -0.39 is 0 Å². The highest BCUT2D eigenvalue weighted by Crippen LogP contribution is 2.15. The average molecular weight is 433 g/mol. The second-order valence-corrected chi connectivity index (χ2v) is 6.78. The topological polar surface area (TPSA) is 111 Å². The molecule has 0 aromatic carbocycles. The molecule has 0 heterocycles. The number of alkyl carbamates (subject to hydrolysis) is 1. The van der Waals surface area contributed by atoms with E-state index >= 15 is 0 Å². The van der Waals surface area contributed by atoms with Gasteiger partial charge >= 0.3 is 6.09 Å². The van der Waals surface area contributed by atoms with Crippen molar-refractivity contribution in [2.75, 3.05) is 79.2 Å². The predicted octanol–water partition coefficient (Wildman–Crippen LogP) is 1.64. The lowest BCUT2D eigenvalue weighted by atomic mass is 10.0. The summed E-state index contributed by atoms with van der Waals surface area (Å²) >= 11 is 0. The number of ether oxygens (including phenoxy) is 6. The molecule has 30 heavy (non-hydrogen) atoms. The lowest BCUT2D eigenvalue weighted by Crippen LogP contribution is -2.31. The quantitative estimate of drug-likeness (QED) is 0.248. The molecule has 0 bridgehead atoms. The van der Waals surface area contributed by atoms with Crippen LogP contribution in [0.25, 0.3) is 0 Å². The highest BCUT2D eigenvalue weighted by Gasteiger charge is 2.14. The Bertz CT molecular complexity index is 424. The largest absolute Gasteiger partial charge is 0.446 e. The second-order valence-electron chi connectivity index (χ2n) is 6.78. The molecule has 1 atom stereocenters. The smallest absolute Gasteiger partial charge is 0.407 e. The Morgan fingerprint density at radius 3 is 1.90 bits per heavy atom. The van der Waals surface area contributed by atoms with E-state index in [0.29, 0.717) is 79.2 Å². The van der Waals surface area contributed by atoms with Crippen LogP contribution in [0.1, 0.15) is 32.1 Å². The standard InChI is InChI=1S/C21H40N2O7/c22-8-10-25-12-14-27-16-18-29-19-17-28-15-13-26-11-9-23-21(24)30-20-6-4-2-1-3-5-7-20/h1-2,20H,3-19,22H2,(H,23,24)/b2-1+. The molecule has 1 aliphatic rings. The fraction of sp³-hybridized carbons (Fsp3) is 0.857. The number of hydrogen-bond donors (Lipinski definition) is 2. The van der Waals surface area contributed by atoms with Crippen molar-refractivity contribution in [3.63, 3.8) is 0 Å². The van der Waals surface area contributed by atoms with Gasteiger partial charge in [-0.25, -0.2) is 4.79 Å². The van der Waals surface area contributed by atoms with Gasteiger partial charge in [-0.3, -0.25) is 0 Å². The molecule has 1 aliphatic carbocycles. The zero-order chi connectivity index (χ0) is 21.5. The van der Waals surface area contributed by atoms with Gasteiger partial charge in [-0.1, -0.05) is 12.2 Å². The molecule has 1 unspecified atom stereocenters. The zero-order valence-electron chi connectivity index (χ0n) is 18.2. The Labute approximate surface area is 180 Å². The normalized spacial score (nSPS) is 17.8. The van der Waals surface area contributed by atoms with Crippen LogP contribution in [0, 0.1) is 0 Å². The van der Waals surface area contributed by atoms with Crippen LogP contribution in [0.2, 0.25) is 0 Å². The molecule has 0 aromatic heterocycles. The molecule has 3 N–H and O–H groups in total. The highest BCUT2D eigenvalue weighted by atomic mass is 16.6. The predicted molar refractivity (Wildman–Crippen MR) is 114 cm³/mol. The van der Waals surface area contributed by atoms with Crippen LogP contribution in [0.3, 0.4) is 0 Å². The Morgan fingerprint density at radius 2 is 1.30 bits per heavy atom. The number of carbonyl (C=O) groups excluding carboxylic acids is 1. The van der Waals surface area contributed by atoms with Gasteiger partial charge in [0.2, 0.25) is 0 Å². The molecule has 1 rings (SSSR count). The molecule has 1 amide bonds. The van der Waals surface area contributed by atoms with E-state index in [1.54, 1.807) is 0 Å². The third-order valence-electron chi connectivity index (χ3n) is 4.26. The lowest BCUT2D eigenvalue weighted by molar-refractivity contribution is -0.0103. The van der Waals surface area contributed by atoms with Gasteiger partial charge in [0, 0.05) is 13.1 Å². The zero-order valence-corrected chi connectivity index (χ0v) is 18.2. The molecular formula is C21H40N2O7. The van der Waals surface area contributed by atoms with Gasteiger partial charge in [0.05, 0.1) is 66.1 Å². The molecule has 0 aliphatic heterocycles. The van der Waals surface area contributed by atoms with Gasteiger partial charge in [-0.05, 0) is 32.1 Å². The maximum atomic E-state index is 11.8. The summed E-state index contributed by atoms with van der Waals surface area (Å²) < 4.78 is 32.2. The van der Waals surface area contributed by atoms with E-state index in [2.05, 4.69) is 17.5 Å². The second kappa shape index (κ2) is 21.0. The van der Waals surface area contributed by atoms with E-state index in [9.17, 15) is 4.79 Å². The molecule has 0 saturated heterocycles. The molecule has 9 heteroatoms. The summed E-state index contributed by atoms with van der Waals surface area (Å²) in [5.41, 5.74) is 5.31. The molecule has 176 valence electrons. The monoisotopic (exact) mass is 432 g/mol. The van der Waals surface area contributed by atoms with Gasteiger partial charge in [0.25, 0.3) is 0 Å². The SMILES string of the molecule is NCCOCCOCCOCCOCCOCCNC(=O)OC1CC/C=C/CCC1. The number of rotatable bonds is 18. The Balaban J connectivity index is 1.77. The van der Waals surface area contributed by atoms with Crippen molar-refractivity contribution in [3.05, 3.63) is 12.2 Å². The molecule has 0 aromatic rings. The third-order valence-corrected chi connectivity index (χ3v) is 4.26. The molecule has 0 radical (unpaired) electrons. The molecule has 0 spiro atoms. The van der Waals surface area contributed by atoms with Crippen LogP contribution in [0.5, 0.6) is 0 Å². The third kappa shape index (κ3) is 17.6. The van der Waals surface area contributed by atoms with Gasteiger partial charge < -0.3 is 39.5 Å². The Hall–Kier alpha value is -1.23. The van der Waals surface area contributed by atoms with Gasteiger partial charge in [-0.2, -0.15) is 0 Å². The van der Waals surface area contributed by atoms with Gasteiger partial charge in [0.15, 0.2) is 0 Å². The summed E-state index contributed by atoms with van der Waals surface area (Å²) in [6.45, 7) is 6.05. The maximum Gasteiger partial charge on any atom is 0.407 e. The molecular weight excluding hydrogens is 392 g/mol. The number of nitrogens with two attached hydrogens (primary N) is 1. The summed E-state index contributed by atoms with van der Waals surface area (Å²) in [7, 11) is 0. The first-order valence-electron chi connectivity index (χ1n) is 11.0. The number of carbonyl (C=O) groups is 1. The van der Waals surface area contributed by atoms with Crippen molar-refractivity contribution < 1.29 is 33.2 Å². The van der Waals surface area contributed by atoms with E-state index in [0.717, 1.165) is 32.1 Å². The van der Waals surface area contributed by atoms with Crippen LogP contribution in [0.15, 0.2) is 12.2 Å². The van der Waals surface area contributed by atoms with Crippen molar-refractivity contribution in [2.45, 2.75) is 38.2 Å². The summed E-state index contributed by atoms with van der Waals surface area (Å²) in [4.78, 5) is 11.8. The summed E-state index contributed by atoms with van der Waals surface area (Å²) in [5.74, 6) is 0. The summed E-state index contributed by atoms with van der Waals surface area (Å²) in [6, 6.07) is 0. The first-order valence-corrected chi connectivity index (χ1v) is 11.0. The minimum absolute atomic E-state index is 0.00778. The van der Waals surface area contributed by atoms with Crippen LogP contribution in [0.4, 0.5) is 4.79 Å². The summed E-state index contributed by atoms with van der Waals surface area (Å²) in [5, 5.41) is 2.73. The van der Waals surface area contributed by atoms with Crippen molar-refractivity contribution in [1.29, 1.82) is 0 Å². The first-order chi connectivity index (χ1) is 14.8. The Kier molecular flexibility index (Phi) is 18.8. The first kappa shape index (κ1) is 26.8. The molecule has 0 saturated carbocycles. The van der Waals surface area contributed by atoms with Crippen molar-refractivity contribution in [3.8, 4) is 0 Å². The van der Waals surface area contributed by atoms with Crippen molar-refractivity contribution in [2.24, 2.45) is 5.73 Å². The van der Waals surface area contributed by atoms with Gasteiger partial charge in [-0.15, -0.1) is 0 Å². The van der Waals surface area contributed by atoms with E-state index in [-0.39, 0.29) is 12.2 Å². The minimum Gasteiger partial charge on any atom is -0.446 e.